The molecule has 0 saturated heterocycles. The molecule has 0 radical (unpaired) electrons. The fraction of sp³-hybridized carbons (Fsp3) is 0.312. The Bertz CT molecular complexity index is 640. The Kier molecular flexibility index (Phi) is 5.04. The van der Waals surface area contributed by atoms with Gasteiger partial charge in [0.05, 0.1) is 17.9 Å². The first-order valence-electron chi connectivity index (χ1n) is 7.09. The molecule has 0 aliphatic carbocycles. The minimum atomic E-state index is -0.276. The molecular formula is C16H18FN3O2. The first kappa shape index (κ1) is 15.9. The zero-order valence-electron chi connectivity index (χ0n) is 12.5. The molecule has 22 heavy (non-hydrogen) atoms. The molecule has 2 rings (SSSR count). The third kappa shape index (κ3) is 3.58. The number of carbonyl (C=O) groups is 1. The molecule has 6 heteroatoms. The minimum absolute atomic E-state index is 0.0123. The number of fused-ring (bicyclic) bond motifs is 1. The highest BCUT2D eigenvalue weighted by Crippen LogP contribution is 2.50. The SMILES string of the molecule is C/C=C(F)\C=C/C(C)N1c2ccc(C(=O)NCCN=O)cc21. The van der Waals surface area contributed by atoms with E-state index in [1.807, 2.05) is 17.9 Å². The van der Waals surface area contributed by atoms with Crippen LogP contribution in [0.1, 0.15) is 24.2 Å². The van der Waals surface area contributed by atoms with E-state index in [9.17, 15) is 14.1 Å². The Morgan fingerprint density at radius 1 is 1.45 bits per heavy atom. The van der Waals surface area contributed by atoms with Crippen molar-refractivity contribution in [2.24, 2.45) is 5.18 Å². The quantitative estimate of drug-likeness (QED) is 0.363. The maximum Gasteiger partial charge on any atom is 0.251 e. The van der Waals surface area contributed by atoms with Crippen LogP contribution in [0, 0.1) is 4.91 Å². The normalized spacial score (nSPS) is 14.7. The molecule has 116 valence electrons. The van der Waals surface area contributed by atoms with E-state index in [1.165, 1.54) is 12.2 Å². The van der Waals surface area contributed by atoms with Gasteiger partial charge in [-0.15, -0.1) is 0 Å². The second-order valence-electron chi connectivity index (χ2n) is 4.96. The zero-order chi connectivity index (χ0) is 16.1. The molecule has 1 N–H and O–H groups in total. The molecule has 0 bridgehead atoms. The molecule has 1 atom stereocenters. The van der Waals surface area contributed by atoms with E-state index in [0.717, 1.165) is 11.4 Å². The third-order valence-corrected chi connectivity index (χ3v) is 3.41. The summed E-state index contributed by atoms with van der Waals surface area (Å²) in [5.41, 5.74) is 2.52. The number of nitroso groups, excluding NO2 is 1. The van der Waals surface area contributed by atoms with Crippen molar-refractivity contribution in [3.05, 3.63) is 52.7 Å². The summed E-state index contributed by atoms with van der Waals surface area (Å²) in [6.07, 6.45) is 4.60. The third-order valence-electron chi connectivity index (χ3n) is 3.41. The molecule has 0 fully saturated rings. The maximum atomic E-state index is 13.1. The number of nitrogens with zero attached hydrogens (tertiary/aromatic N) is 2. The van der Waals surface area contributed by atoms with E-state index >= 15 is 0 Å². The van der Waals surface area contributed by atoms with E-state index < -0.39 is 0 Å². The summed E-state index contributed by atoms with van der Waals surface area (Å²) in [7, 11) is 0. The van der Waals surface area contributed by atoms with Crippen LogP contribution in [0.4, 0.5) is 15.8 Å². The van der Waals surface area contributed by atoms with Gasteiger partial charge in [0.1, 0.15) is 5.83 Å². The highest BCUT2D eigenvalue weighted by molar-refractivity contribution is 6.02. The summed E-state index contributed by atoms with van der Waals surface area (Å²) in [5, 5.41) is 5.31. The van der Waals surface area contributed by atoms with Gasteiger partial charge >= 0.3 is 0 Å². The van der Waals surface area contributed by atoms with Crippen LogP contribution in [0.2, 0.25) is 0 Å². The number of amides is 1. The molecule has 1 amide bonds. The van der Waals surface area contributed by atoms with E-state index in [2.05, 4.69) is 10.5 Å². The number of hydrogen-bond acceptors (Lipinski definition) is 4. The Morgan fingerprint density at radius 3 is 2.91 bits per heavy atom. The molecule has 1 unspecified atom stereocenters. The van der Waals surface area contributed by atoms with Crippen LogP contribution in [0.3, 0.4) is 0 Å². The van der Waals surface area contributed by atoms with Crippen molar-refractivity contribution in [3.63, 3.8) is 0 Å². The lowest BCUT2D eigenvalue weighted by Crippen LogP contribution is -2.25. The van der Waals surface area contributed by atoms with E-state index in [1.54, 1.807) is 25.1 Å². The highest BCUT2D eigenvalue weighted by Gasteiger charge is 2.32. The van der Waals surface area contributed by atoms with Crippen molar-refractivity contribution in [1.82, 2.24) is 5.32 Å². The second-order valence-corrected chi connectivity index (χ2v) is 4.96. The number of halogens is 1. The van der Waals surface area contributed by atoms with Crippen LogP contribution in [0.25, 0.3) is 0 Å². The molecule has 1 aliphatic rings. The van der Waals surface area contributed by atoms with Gasteiger partial charge in [0, 0.05) is 18.2 Å². The summed E-state index contributed by atoms with van der Waals surface area (Å²) in [6.45, 7) is 3.88. The number of benzene rings is 1. The van der Waals surface area contributed by atoms with Gasteiger partial charge in [-0.3, -0.25) is 4.79 Å². The molecule has 5 nitrogen and oxygen atoms in total. The smallest absolute Gasteiger partial charge is 0.251 e. The standard InChI is InChI=1S/C16H18FN3O2/c1-3-13(17)6-4-11(2)20-14-7-5-12(10-15(14)20)16(21)18-8-9-19-22/h3-7,10-11H,8-9H2,1-2H3,(H,18,21)/b6-4-,13-3+. The Labute approximate surface area is 128 Å². The van der Waals surface area contributed by atoms with Crippen LogP contribution in [-0.2, 0) is 0 Å². The van der Waals surface area contributed by atoms with Crippen molar-refractivity contribution in [3.8, 4) is 0 Å². The van der Waals surface area contributed by atoms with Gasteiger partial charge in [-0.2, -0.15) is 4.91 Å². The van der Waals surface area contributed by atoms with Gasteiger partial charge in [0.25, 0.3) is 5.91 Å². The molecule has 0 saturated carbocycles. The van der Waals surface area contributed by atoms with Gasteiger partial charge in [0.2, 0.25) is 0 Å². The molecule has 1 aromatic carbocycles. The van der Waals surface area contributed by atoms with Gasteiger partial charge in [-0.05, 0) is 38.1 Å². The minimum Gasteiger partial charge on any atom is -0.350 e. The number of nitrogens with one attached hydrogen (secondary N) is 1. The van der Waals surface area contributed by atoms with Crippen LogP contribution in [0.15, 0.2) is 47.4 Å². The van der Waals surface area contributed by atoms with Crippen molar-refractivity contribution < 1.29 is 9.18 Å². The van der Waals surface area contributed by atoms with Crippen molar-refractivity contribution in [2.75, 3.05) is 18.0 Å². The van der Waals surface area contributed by atoms with Crippen LogP contribution in [0.5, 0.6) is 0 Å². The monoisotopic (exact) mass is 303 g/mol. The average Bonchev–Trinajstić information content (AvgIpc) is 3.25. The predicted octanol–water partition coefficient (Wildman–Crippen LogP) is 3.45. The molecule has 0 spiro atoms. The van der Waals surface area contributed by atoms with Crippen LogP contribution in [-0.4, -0.2) is 25.0 Å². The summed E-state index contributed by atoms with van der Waals surface area (Å²) in [6, 6.07) is 5.39. The molecule has 1 heterocycles. The van der Waals surface area contributed by atoms with Gasteiger partial charge in [0.15, 0.2) is 0 Å². The highest BCUT2D eigenvalue weighted by atomic mass is 19.1. The van der Waals surface area contributed by atoms with Gasteiger partial charge < -0.3 is 10.2 Å². The second kappa shape index (κ2) is 6.98. The fourth-order valence-corrected chi connectivity index (χ4v) is 2.19. The molecule has 0 aromatic heterocycles. The Balaban J connectivity index is 1.99. The summed E-state index contributed by atoms with van der Waals surface area (Å²) in [4.78, 5) is 23.9. The summed E-state index contributed by atoms with van der Waals surface area (Å²) in [5.74, 6) is -0.511. The van der Waals surface area contributed by atoms with Crippen LogP contribution < -0.4 is 10.2 Å². The van der Waals surface area contributed by atoms with Crippen molar-refractivity contribution in [1.29, 1.82) is 0 Å². The Hall–Kier alpha value is -2.50. The first-order valence-corrected chi connectivity index (χ1v) is 7.09. The first-order chi connectivity index (χ1) is 10.6. The van der Waals surface area contributed by atoms with E-state index in [4.69, 9.17) is 0 Å². The summed E-state index contributed by atoms with van der Waals surface area (Å²) < 4.78 is 13.1. The Morgan fingerprint density at radius 2 is 2.23 bits per heavy atom. The average molecular weight is 303 g/mol. The molecule has 1 aliphatic heterocycles. The summed E-state index contributed by atoms with van der Waals surface area (Å²) >= 11 is 0. The van der Waals surface area contributed by atoms with Gasteiger partial charge in [-0.25, -0.2) is 4.39 Å². The lowest BCUT2D eigenvalue weighted by Gasteiger charge is -2.08. The van der Waals surface area contributed by atoms with Crippen molar-refractivity contribution >= 4 is 17.3 Å². The molecular weight excluding hydrogens is 285 g/mol. The lowest BCUT2D eigenvalue weighted by molar-refractivity contribution is 0.0955. The topological polar surface area (TPSA) is 61.5 Å². The number of rotatable bonds is 7. The maximum absolute atomic E-state index is 13.1. The van der Waals surface area contributed by atoms with Crippen molar-refractivity contribution in [2.45, 2.75) is 19.9 Å². The fourth-order valence-electron chi connectivity index (χ4n) is 2.19. The largest absolute Gasteiger partial charge is 0.350 e. The number of allylic oxidation sites excluding steroid dienone is 3. The molecule has 1 aromatic rings. The van der Waals surface area contributed by atoms with E-state index in [-0.39, 0.29) is 30.9 Å². The zero-order valence-corrected chi connectivity index (χ0v) is 12.5. The number of hydrogen-bond donors (Lipinski definition) is 1. The van der Waals surface area contributed by atoms with Gasteiger partial charge in [-0.1, -0.05) is 17.3 Å². The van der Waals surface area contributed by atoms with E-state index in [0.29, 0.717) is 5.56 Å². The number of anilines is 2. The number of carbonyl (C=O) groups excluding carboxylic acids is 1. The predicted molar refractivity (Wildman–Crippen MR) is 85.0 cm³/mol. The lowest BCUT2D eigenvalue weighted by atomic mass is 10.2. The van der Waals surface area contributed by atoms with Crippen LogP contribution >= 0.6 is 0 Å².